The maximum absolute atomic E-state index is 2.17. The second-order valence-corrected chi connectivity index (χ2v) is 5.43. The van der Waals surface area contributed by atoms with Gasteiger partial charge in [-0.05, 0) is 35.4 Å². The van der Waals surface area contributed by atoms with Gasteiger partial charge in [0.05, 0.1) is 0 Å². The van der Waals surface area contributed by atoms with Gasteiger partial charge in [0.2, 0.25) is 0 Å². The van der Waals surface area contributed by atoms with Crippen LogP contribution in [-0.4, -0.2) is 0 Å². The molecule has 86 valence electrons. The zero-order valence-electron chi connectivity index (χ0n) is 9.67. The molecule has 0 fully saturated rings. The van der Waals surface area contributed by atoms with Crippen LogP contribution < -0.4 is 0 Å². The molecule has 2 heterocycles. The van der Waals surface area contributed by atoms with Crippen molar-refractivity contribution in [1.29, 1.82) is 0 Å². The first kappa shape index (κ1) is 12.1. The smallest absolute Gasteiger partial charge is 0.0471 e. The summed E-state index contributed by atoms with van der Waals surface area (Å²) in [5.74, 6) is 0. The fraction of sp³-hybridized carbons (Fsp3) is 0.0667. The first-order valence-electron chi connectivity index (χ1n) is 5.46. The molecule has 0 aliphatic rings. The van der Waals surface area contributed by atoms with E-state index in [2.05, 4.69) is 35.9 Å². The molecule has 2 heteroatoms. The van der Waals surface area contributed by atoms with Gasteiger partial charge in [0.25, 0.3) is 0 Å². The van der Waals surface area contributed by atoms with Gasteiger partial charge in [-0.15, -0.1) is 22.7 Å². The first-order chi connectivity index (χ1) is 8.38. The standard InChI is InChI=1S/C9H8S2.C6H6/c1-7-4-6-11-9(7)8-3-2-5-10-8;1-2-4-6-5-3-1/h2-6H,1H3;1-6H. The molecule has 0 atom stereocenters. The zero-order chi connectivity index (χ0) is 11.9. The Morgan fingerprint density at radius 3 is 1.76 bits per heavy atom. The average molecular weight is 258 g/mol. The molecule has 1 aromatic carbocycles. The molecule has 0 bridgehead atoms. The van der Waals surface area contributed by atoms with Crippen molar-refractivity contribution in [3.05, 3.63) is 70.9 Å². The van der Waals surface area contributed by atoms with E-state index in [1.165, 1.54) is 15.3 Å². The molecule has 0 saturated carbocycles. The van der Waals surface area contributed by atoms with Crippen molar-refractivity contribution in [1.82, 2.24) is 0 Å². The Labute approximate surface area is 110 Å². The molecule has 0 spiro atoms. The van der Waals surface area contributed by atoms with Gasteiger partial charge >= 0.3 is 0 Å². The van der Waals surface area contributed by atoms with Crippen molar-refractivity contribution in [3.63, 3.8) is 0 Å². The molecule has 0 nitrogen and oxygen atoms in total. The zero-order valence-corrected chi connectivity index (χ0v) is 11.3. The van der Waals surface area contributed by atoms with Crippen molar-refractivity contribution in [2.24, 2.45) is 0 Å². The summed E-state index contributed by atoms with van der Waals surface area (Å²) < 4.78 is 0. The van der Waals surface area contributed by atoms with Crippen LogP contribution in [0.1, 0.15) is 5.56 Å². The summed E-state index contributed by atoms with van der Waals surface area (Å²) in [7, 11) is 0. The van der Waals surface area contributed by atoms with E-state index < -0.39 is 0 Å². The number of hydrogen-bond acceptors (Lipinski definition) is 2. The first-order valence-corrected chi connectivity index (χ1v) is 7.22. The SMILES string of the molecule is Cc1ccsc1-c1cccs1.c1ccccc1. The van der Waals surface area contributed by atoms with Crippen LogP contribution in [-0.2, 0) is 0 Å². The Morgan fingerprint density at radius 2 is 1.35 bits per heavy atom. The van der Waals surface area contributed by atoms with Crippen LogP contribution in [0.15, 0.2) is 65.4 Å². The third kappa shape index (κ3) is 3.55. The molecular formula is C15H14S2. The van der Waals surface area contributed by atoms with E-state index in [0.29, 0.717) is 0 Å². The van der Waals surface area contributed by atoms with E-state index in [4.69, 9.17) is 0 Å². The molecule has 0 aliphatic carbocycles. The molecule has 3 rings (SSSR count). The lowest BCUT2D eigenvalue weighted by Crippen LogP contribution is -1.66. The van der Waals surface area contributed by atoms with Crippen molar-refractivity contribution < 1.29 is 0 Å². The molecule has 0 aliphatic heterocycles. The molecule has 0 unspecified atom stereocenters. The number of rotatable bonds is 1. The molecule has 0 amide bonds. The molecule has 2 aromatic heterocycles. The van der Waals surface area contributed by atoms with E-state index >= 15 is 0 Å². The second-order valence-electron chi connectivity index (χ2n) is 3.56. The maximum atomic E-state index is 2.17. The molecule has 3 aromatic rings. The largest absolute Gasteiger partial charge is 0.143 e. The van der Waals surface area contributed by atoms with Crippen molar-refractivity contribution in [3.8, 4) is 9.75 Å². The summed E-state index contributed by atoms with van der Waals surface area (Å²) in [5, 5.41) is 4.26. The Balaban J connectivity index is 0.000000153. The molecule has 0 saturated heterocycles. The predicted octanol–water partition coefficient (Wildman–Crippen LogP) is 5.47. The van der Waals surface area contributed by atoms with Crippen LogP contribution in [0, 0.1) is 6.92 Å². The molecular weight excluding hydrogens is 244 g/mol. The summed E-state index contributed by atoms with van der Waals surface area (Å²) in [6, 6.07) is 18.4. The third-order valence-electron chi connectivity index (χ3n) is 2.27. The van der Waals surface area contributed by atoms with E-state index in [1.807, 2.05) is 47.7 Å². The topological polar surface area (TPSA) is 0 Å². The Bertz CT molecular complexity index is 494. The molecule has 0 N–H and O–H groups in total. The quantitative estimate of drug-likeness (QED) is 0.543. The van der Waals surface area contributed by atoms with E-state index in [0.717, 1.165) is 0 Å². The van der Waals surface area contributed by atoms with Crippen LogP contribution >= 0.6 is 22.7 Å². The van der Waals surface area contributed by atoms with Crippen LogP contribution in [0.3, 0.4) is 0 Å². The van der Waals surface area contributed by atoms with Gasteiger partial charge in [-0.3, -0.25) is 0 Å². The minimum Gasteiger partial charge on any atom is -0.143 e. The maximum Gasteiger partial charge on any atom is 0.0471 e. The van der Waals surface area contributed by atoms with E-state index in [9.17, 15) is 0 Å². The van der Waals surface area contributed by atoms with Crippen molar-refractivity contribution >= 4 is 22.7 Å². The lowest BCUT2D eigenvalue weighted by atomic mass is 10.2. The third-order valence-corrected chi connectivity index (χ3v) is 4.34. The highest BCUT2D eigenvalue weighted by molar-refractivity contribution is 7.20. The van der Waals surface area contributed by atoms with E-state index in [-0.39, 0.29) is 0 Å². The molecule has 17 heavy (non-hydrogen) atoms. The highest BCUT2D eigenvalue weighted by atomic mass is 32.1. The van der Waals surface area contributed by atoms with Gasteiger partial charge in [0, 0.05) is 9.75 Å². The summed E-state index contributed by atoms with van der Waals surface area (Å²) in [5.41, 5.74) is 1.39. The molecule has 0 radical (unpaired) electrons. The van der Waals surface area contributed by atoms with Crippen LogP contribution in [0.25, 0.3) is 9.75 Å². The minimum atomic E-state index is 1.39. The number of hydrogen-bond donors (Lipinski definition) is 0. The highest BCUT2D eigenvalue weighted by Crippen LogP contribution is 2.31. The van der Waals surface area contributed by atoms with Gasteiger partial charge in [-0.2, -0.15) is 0 Å². The summed E-state index contributed by atoms with van der Waals surface area (Å²) in [4.78, 5) is 2.80. The number of aryl methyl sites for hydroxylation is 1. The summed E-state index contributed by atoms with van der Waals surface area (Å²) in [6.45, 7) is 2.16. The summed E-state index contributed by atoms with van der Waals surface area (Å²) in [6.07, 6.45) is 0. The fourth-order valence-corrected chi connectivity index (χ4v) is 3.28. The van der Waals surface area contributed by atoms with Crippen LogP contribution in [0.5, 0.6) is 0 Å². The summed E-state index contributed by atoms with van der Waals surface area (Å²) >= 11 is 3.62. The van der Waals surface area contributed by atoms with Gasteiger partial charge < -0.3 is 0 Å². The van der Waals surface area contributed by atoms with Crippen LogP contribution in [0.4, 0.5) is 0 Å². The minimum absolute atomic E-state index is 1.39. The van der Waals surface area contributed by atoms with Crippen molar-refractivity contribution in [2.75, 3.05) is 0 Å². The monoisotopic (exact) mass is 258 g/mol. The average Bonchev–Trinajstić information content (AvgIpc) is 3.02. The fourth-order valence-electron chi connectivity index (χ4n) is 1.42. The normalized spacial score (nSPS) is 9.47. The number of benzene rings is 1. The Morgan fingerprint density at radius 1 is 0.706 bits per heavy atom. The predicted molar refractivity (Wildman–Crippen MR) is 78.8 cm³/mol. The second kappa shape index (κ2) is 6.38. The number of thiophene rings is 2. The van der Waals surface area contributed by atoms with Crippen molar-refractivity contribution in [2.45, 2.75) is 6.92 Å². The van der Waals surface area contributed by atoms with Gasteiger partial charge in [0.15, 0.2) is 0 Å². The van der Waals surface area contributed by atoms with Crippen LogP contribution in [0.2, 0.25) is 0 Å². The Hall–Kier alpha value is -1.38. The Kier molecular flexibility index (Phi) is 4.54. The van der Waals surface area contributed by atoms with Gasteiger partial charge in [-0.25, -0.2) is 0 Å². The lowest BCUT2D eigenvalue weighted by Gasteiger charge is -1.91. The van der Waals surface area contributed by atoms with Gasteiger partial charge in [-0.1, -0.05) is 42.5 Å². The highest BCUT2D eigenvalue weighted by Gasteiger charge is 2.02. The lowest BCUT2D eigenvalue weighted by molar-refractivity contribution is 1.56. The van der Waals surface area contributed by atoms with E-state index in [1.54, 1.807) is 11.3 Å². The van der Waals surface area contributed by atoms with Gasteiger partial charge in [0.1, 0.15) is 0 Å².